The van der Waals surface area contributed by atoms with Crippen molar-refractivity contribution in [3.8, 4) is 0 Å². The third-order valence-corrected chi connectivity index (χ3v) is 6.17. The average Bonchev–Trinajstić information content (AvgIpc) is 2.82. The summed E-state index contributed by atoms with van der Waals surface area (Å²) in [6.45, 7) is 0.889. The number of hydrogen-bond donors (Lipinski definition) is 3. The van der Waals surface area contributed by atoms with Crippen molar-refractivity contribution in [3.63, 3.8) is 0 Å². The summed E-state index contributed by atoms with van der Waals surface area (Å²) in [7, 11) is 0. The first-order valence-electron chi connectivity index (χ1n) is 11.1. The molecule has 3 N–H and O–H groups in total. The van der Waals surface area contributed by atoms with Crippen LogP contribution in [0.25, 0.3) is 0 Å². The average molecular weight is 459 g/mol. The number of anilines is 1. The summed E-state index contributed by atoms with van der Waals surface area (Å²) in [5.41, 5.74) is 2.14. The van der Waals surface area contributed by atoms with Crippen LogP contribution in [0.5, 0.6) is 0 Å². The number of carbonyl (C=O) groups excluding carboxylic acids is 2. The normalized spacial score (nSPS) is 22.4. The highest BCUT2D eigenvalue weighted by molar-refractivity contribution is 5.89. The largest absolute Gasteiger partial charge is 0.394 e. The molecule has 1 saturated heterocycles. The molecular weight excluding hydrogens is 432 g/mol. The Kier molecular flexibility index (Phi) is 7.20. The molecule has 33 heavy (non-hydrogen) atoms. The van der Waals surface area contributed by atoms with Gasteiger partial charge in [-0.15, -0.1) is 0 Å². The van der Waals surface area contributed by atoms with Gasteiger partial charge in [-0.3, -0.25) is 4.79 Å². The Morgan fingerprint density at radius 2 is 1.91 bits per heavy atom. The van der Waals surface area contributed by atoms with E-state index in [-0.39, 0.29) is 30.7 Å². The molecule has 7 nitrogen and oxygen atoms in total. The van der Waals surface area contributed by atoms with E-state index in [9.17, 15) is 23.5 Å². The molecule has 0 aromatic heterocycles. The number of benzene rings is 2. The van der Waals surface area contributed by atoms with Crippen LogP contribution in [0.15, 0.2) is 42.5 Å². The van der Waals surface area contributed by atoms with E-state index in [1.165, 1.54) is 5.56 Å². The van der Waals surface area contributed by atoms with Crippen LogP contribution in [-0.2, 0) is 22.5 Å². The Hall–Kier alpha value is -3.04. The van der Waals surface area contributed by atoms with Crippen LogP contribution in [0.2, 0.25) is 0 Å². The fraction of sp³-hybridized carbons (Fsp3) is 0.417. The zero-order valence-corrected chi connectivity index (χ0v) is 18.1. The Labute approximate surface area is 190 Å². The van der Waals surface area contributed by atoms with Crippen molar-refractivity contribution in [1.29, 1.82) is 0 Å². The number of urea groups is 1. The summed E-state index contributed by atoms with van der Waals surface area (Å²) in [6.07, 6.45) is 0.943. The quantitative estimate of drug-likeness (QED) is 0.641. The van der Waals surface area contributed by atoms with Gasteiger partial charge in [-0.2, -0.15) is 0 Å². The molecule has 2 aromatic carbocycles. The SMILES string of the molecule is O=C(Nc1cc(F)ccc1F)N[C@@H]1CC[C@H](CC(=O)N2CCc3ccccc3C2)O[C@@H]1CO. The van der Waals surface area contributed by atoms with Crippen LogP contribution in [-0.4, -0.2) is 53.3 Å². The standard InChI is InChI=1S/C24H27F2N3O4/c25-17-5-7-19(26)21(11-17)28-24(32)27-20-8-6-18(33-22(20)14-30)12-23(31)29-10-9-15-3-1-2-4-16(15)13-29/h1-5,7,11,18,20,22,30H,6,8-10,12-14H2,(H2,27,28,32)/t18-,20-,22-/m1/s1. The Morgan fingerprint density at radius 1 is 1.12 bits per heavy atom. The number of aliphatic hydroxyl groups excluding tert-OH is 1. The van der Waals surface area contributed by atoms with Crippen LogP contribution in [0.1, 0.15) is 30.4 Å². The molecule has 0 radical (unpaired) electrons. The molecule has 0 unspecified atom stereocenters. The Bertz CT molecular complexity index is 1020. The highest BCUT2D eigenvalue weighted by Gasteiger charge is 2.34. The van der Waals surface area contributed by atoms with Crippen molar-refractivity contribution in [3.05, 3.63) is 65.2 Å². The molecular formula is C24H27F2N3O4. The topological polar surface area (TPSA) is 90.9 Å². The number of amides is 3. The lowest BCUT2D eigenvalue weighted by molar-refractivity contribution is -0.141. The second kappa shape index (κ2) is 10.3. The maximum absolute atomic E-state index is 13.7. The predicted octanol–water partition coefficient (Wildman–Crippen LogP) is 2.97. The minimum atomic E-state index is -0.760. The van der Waals surface area contributed by atoms with Gasteiger partial charge in [0.05, 0.1) is 30.9 Å². The van der Waals surface area contributed by atoms with E-state index in [1.54, 1.807) is 0 Å². The molecule has 3 atom stereocenters. The van der Waals surface area contributed by atoms with E-state index in [0.29, 0.717) is 25.9 Å². The van der Waals surface area contributed by atoms with Gasteiger partial charge in [0.1, 0.15) is 17.7 Å². The first kappa shape index (κ1) is 23.1. The smallest absolute Gasteiger partial charge is 0.319 e. The number of rotatable bonds is 5. The number of ether oxygens (including phenoxy) is 1. The summed E-state index contributed by atoms with van der Waals surface area (Å²) in [6, 6.07) is 9.59. The molecule has 0 saturated carbocycles. The zero-order chi connectivity index (χ0) is 23.4. The van der Waals surface area contributed by atoms with Crippen molar-refractivity contribution in [2.75, 3.05) is 18.5 Å². The van der Waals surface area contributed by atoms with Gasteiger partial charge in [0.2, 0.25) is 5.91 Å². The van der Waals surface area contributed by atoms with Crippen molar-refractivity contribution >= 4 is 17.6 Å². The lowest BCUT2D eigenvalue weighted by Crippen LogP contribution is -2.52. The van der Waals surface area contributed by atoms with Gasteiger partial charge in [0.25, 0.3) is 0 Å². The van der Waals surface area contributed by atoms with Crippen LogP contribution < -0.4 is 10.6 Å². The fourth-order valence-electron chi connectivity index (χ4n) is 4.40. The number of carbonyl (C=O) groups is 2. The number of aliphatic hydroxyl groups is 1. The van der Waals surface area contributed by atoms with Gasteiger partial charge in [0.15, 0.2) is 0 Å². The molecule has 2 aromatic rings. The van der Waals surface area contributed by atoms with E-state index in [4.69, 9.17) is 4.74 Å². The monoisotopic (exact) mass is 459 g/mol. The van der Waals surface area contributed by atoms with Crippen LogP contribution in [0.3, 0.4) is 0 Å². The molecule has 2 aliphatic rings. The van der Waals surface area contributed by atoms with E-state index < -0.39 is 29.8 Å². The number of nitrogens with zero attached hydrogens (tertiary/aromatic N) is 1. The summed E-state index contributed by atoms with van der Waals surface area (Å²) in [5, 5.41) is 14.7. The van der Waals surface area contributed by atoms with Crippen molar-refractivity contribution in [1.82, 2.24) is 10.2 Å². The molecule has 0 bridgehead atoms. The van der Waals surface area contributed by atoms with Crippen LogP contribution in [0.4, 0.5) is 19.3 Å². The number of hydrogen-bond acceptors (Lipinski definition) is 4. The lowest BCUT2D eigenvalue weighted by Gasteiger charge is -2.37. The lowest BCUT2D eigenvalue weighted by atomic mass is 9.96. The highest BCUT2D eigenvalue weighted by Crippen LogP contribution is 2.25. The van der Waals surface area contributed by atoms with Gasteiger partial charge in [-0.05, 0) is 42.5 Å². The second-order valence-corrected chi connectivity index (χ2v) is 8.42. The first-order chi connectivity index (χ1) is 15.9. The first-order valence-corrected chi connectivity index (χ1v) is 11.1. The maximum atomic E-state index is 13.7. The van der Waals surface area contributed by atoms with E-state index >= 15 is 0 Å². The highest BCUT2D eigenvalue weighted by atomic mass is 19.1. The summed E-state index contributed by atoms with van der Waals surface area (Å²) in [5.74, 6) is -1.44. The summed E-state index contributed by atoms with van der Waals surface area (Å²) < 4.78 is 33.0. The third kappa shape index (κ3) is 5.66. The fourth-order valence-corrected chi connectivity index (χ4v) is 4.40. The molecule has 2 heterocycles. The van der Waals surface area contributed by atoms with E-state index in [1.807, 2.05) is 23.1 Å². The van der Waals surface area contributed by atoms with E-state index in [0.717, 1.165) is 30.2 Å². The van der Waals surface area contributed by atoms with Gasteiger partial charge in [0, 0.05) is 19.2 Å². The van der Waals surface area contributed by atoms with Crippen molar-refractivity contribution in [2.24, 2.45) is 0 Å². The van der Waals surface area contributed by atoms with Gasteiger partial charge >= 0.3 is 6.03 Å². The van der Waals surface area contributed by atoms with Gasteiger partial charge < -0.3 is 25.4 Å². The summed E-state index contributed by atoms with van der Waals surface area (Å²) in [4.78, 5) is 26.9. The minimum absolute atomic E-state index is 0.00285. The van der Waals surface area contributed by atoms with Crippen LogP contribution >= 0.6 is 0 Å². The van der Waals surface area contributed by atoms with Crippen molar-refractivity contribution < 1.29 is 28.2 Å². The summed E-state index contributed by atoms with van der Waals surface area (Å²) >= 11 is 0. The molecule has 3 amide bonds. The predicted molar refractivity (Wildman–Crippen MR) is 117 cm³/mol. The third-order valence-electron chi connectivity index (χ3n) is 6.17. The van der Waals surface area contributed by atoms with Gasteiger partial charge in [-0.25, -0.2) is 13.6 Å². The number of halogens is 2. The maximum Gasteiger partial charge on any atom is 0.319 e. The molecule has 4 rings (SSSR count). The number of nitrogens with one attached hydrogen (secondary N) is 2. The minimum Gasteiger partial charge on any atom is -0.394 e. The van der Waals surface area contributed by atoms with Crippen LogP contribution in [0, 0.1) is 11.6 Å². The second-order valence-electron chi connectivity index (χ2n) is 8.42. The number of fused-ring (bicyclic) bond motifs is 1. The molecule has 9 heteroatoms. The van der Waals surface area contributed by atoms with E-state index in [2.05, 4.69) is 16.7 Å². The Morgan fingerprint density at radius 3 is 2.70 bits per heavy atom. The molecule has 2 aliphatic heterocycles. The molecule has 0 aliphatic carbocycles. The van der Waals surface area contributed by atoms with Gasteiger partial charge in [-0.1, -0.05) is 24.3 Å². The molecule has 176 valence electrons. The molecule has 1 fully saturated rings. The van der Waals surface area contributed by atoms with Crippen molar-refractivity contribution in [2.45, 2.75) is 50.5 Å². The Balaban J connectivity index is 1.29. The molecule has 0 spiro atoms. The zero-order valence-electron chi connectivity index (χ0n) is 18.1.